The van der Waals surface area contributed by atoms with E-state index in [2.05, 4.69) is 10.1 Å². The SMILES string of the molecule is CCC(O)(C(=O)N1C[C@H](F)[C@H](NC(=O)c2cc(-c3cc(C(F)(F)F)c4c(N)ncnn34)cc(F)c2F)C1)C(F)(F)F. The lowest BCUT2D eigenvalue weighted by Crippen LogP contribution is -2.57. The fourth-order valence-corrected chi connectivity index (χ4v) is 4.44. The van der Waals surface area contributed by atoms with Gasteiger partial charge in [0.05, 0.1) is 29.4 Å². The molecule has 41 heavy (non-hydrogen) atoms. The number of hydrogen-bond acceptors (Lipinski definition) is 6. The zero-order valence-corrected chi connectivity index (χ0v) is 20.6. The number of benzene rings is 1. The van der Waals surface area contributed by atoms with Crippen LogP contribution in [0.4, 0.5) is 45.3 Å². The van der Waals surface area contributed by atoms with E-state index in [1.165, 1.54) is 0 Å². The molecule has 9 nitrogen and oxygen atoms in total. The predicted octanol–water partition coefficient (Wildman–Crippen LogP) is 3.26. The number of nitrogens with one attached hydrogen (secondary N) is 1. The highest BCUT2D eigenvalue weighted by molar-refractivity contribution is 5.96. The van der Waals surface area contributed by atoms with Crippen LogP contribution in [0, 0.1) is 11.6 Å². The zero-order chi connectivity index (χ0) is 30.7. The molecule has 3 atom stereocenters. The Labute approximate surface area is 223 Å². The molecule has 3 aromatic rings. The lowest BCUT2D eigenvalue weighted by molar-refractivity contribution is -0.256. The van der Waals surface area contributed by atoms with Crippen LogP contribution < -0.4 is 11.1 Å². The average Bonchev–Trinajstić information content (AvgIpc) is 3.45. The van der Waals surface area contributed by atoms with Crippen molar-refractivity contribution < 1.29 is 54.2 Å². The number of rotatable bonds is 5. The van der Waals surface area contributed by atoms with Crippen molar-refractivity contribution in [2.75, 3.05) is 18.8 Å². The number of hydrogen-bond donors (Lipinski definition) is 3. The third-order valence-corrected chi connectivity index (χ3v) is 6.64. The van der Waals surface area contributed by atoms with Crippen LogP contribution in [0.25, 0.3) is 16.8 Å². The quantitative estimate of drug-likeness (QED) is 0.388. The molecule has 0 saturated carbocycles. The maximum absolute atomic E-state index is 14.6. The van der Waals surface area contributed by atoms with Crippen molar-refractivity contribution in [3.8, 4) is 11.3 Å². The van der Waals surface area contributed by atoms with Gasteiger partial charge in [0.15, 0.2) is 17.5 Å². The topological polar surface area (TPSA) is 126 Å². The van der Waals surface area contributed by atoms with Crippen LogP contribution in [0.15, 0.2) is 24.5 Å². The molecule has 1 aliphatic heterocycles. The molecular formula is C23H19F9N6O3. The third-order valence-electron chi connectivity index (χ3n) is 6.64. The van der Waals surface area contributed by atoms with Crippen LogP contribution in [0.3, 0.4) is 0 Å². The lowest BCUT2D eigenvalue weighted by atomic mass is 9.98. The normalized spacial score (nSPS) is 19.4. The van der Waals surface area contributed by atoms with E-state index in [9.17, 15) is 54.2 Å². The molecule has 0 spiro atoms. The molecule has 1 fully saturated rings. The van der Waals surface area contributed by atoms with Gasteiger partial charge >= 0.3 is 12.4 Å². The first-order valence-electron chi connectivity index (χ1n) is 11.6. The Hall–Kier alpha value is -4.09. The van der Waals surface area contributed by atoms with Gasteiger partial charge in [-0.3, -0.25) is 9.59 Å². The molecule has 4 rings (SSSR count). The Balaban J connectivity index is 1.66. The number of carbonyl (C=O) groups is 2. The van der Waals surface area contributed by atoms with E-state index >= 15 is 0 Å². The summed E-state index contributed by atoms with van der Waals surface area (Å²) >= 11 is 0. The first-order valence-corrected chi connectivity index (χ1v) is 11.6. The Morgan fingerprint density at radius 2 is 1.78 bits per heavy atom. The van der Waals surface area contributed by atoms with Gasteiger partial charge in [0.25, 0.3) is 11.8 Å². The summed E-state index contributed by atoms with van der Waals surface area (Å²) in [6.45, 7) is -0.941. The number of anilines is 1. The number of amides is 2. The minimum Gasteiger partial charge on any atom is -0.382 e. The van der Waals surface area contributed by atoms with Gasteiger partial charge in [-0.25, -0.2) is 22.7 Å². The molecular weight excluding hydrogens is 579 g/mol. The molecule has 0 radical (unpaired) electrons. The summed E-state index contributed by atoms with van der Waals surface area (Å²) < 4.78 is 125. The smallest absolute Gasteiger partial charge is 0.382 e. The maximum Gasteiger partial charge on any atom is 0.426 e. The minimum absolute atomic E-state index is 0.329. The molecule has 222 valence electrons. The number of fused-ring (bicyclic) bond motifs is 1. The number of likely N-dealkylation sites (tertiary alicyclic amines) is 1. The second-order valence-corrected chi connectivity index (χ2v) is 9.18. The Kier molecular flexibility index (Phi) is 7.34. The van der Waals surface area contributed by atoms with Gasteiger partial charge in [0.2, 0.25) is 5.60 Å². The molecule has 1 aliphatic rings. The first-order chi connectivity index (χ1) is 18.9. The summed E-state index contributed by atoms with van der Waals surface area (Å²) in [5.74, 6) is -7.40. The number of nitrogens with zero attached hydrogens (tertiary/aromatic N) is 4. The van der Waals surface area contributed by atoms with Crippen LogP contribution in [-0.2, 0) is 11.0 Å². The molecule has 2 aromatic heterocycles. The van der Waals surface area contributed by atoms with E-state index in [-0.39, 0.29) is 0 Å². The lowest BCUT2D eigenvalue weighted by Gasteiger charge is -2.31. The molecule has 0 aliphatic carbocycles. The van der Waals surface area contributed by atoms with E-state index in [0.717, 1.165) is 13.3 Å². The molecule has 0 bridgehead atoms. The minimum atomic E-state index is -5.39. The summed E-state index contributed by atoms with van der Waals surface area (Å²) in [4.78, 5) is 29.0. The number of aliphatic hydroxyl groups is 1. The summed E-state index contributed by atoms with van der Waals surface area (Å²) in [5.41, 5.74) is -2.32. The molecule has 1 saturated heterocycles. The van der Waals surface area contributed by atoms with Crippen molar-refractivity contribution in [2.45, 2.75) is 43.5 Å². The van der Waals surface area contributed by atoms with Crippen molar-refractivity contribution in [3.05, 3.63) is 47.3 Å². The molecule has 3 heterocycles. The molecule has 1 unspecified atom stereocenters. The first kappa shape index (κ1) is 29.9. The standard InChI is InChI=1S/C23H19F9N6O3/c1-2-21(41,23(30,31)32)20(40)37-6-13(25)14(7-37)36-19(39)10-3-9(4-12(24)16(10)26)15-5-11(22(27,28)29)17-18(33)34-8-35-38(15)17/h3-5,8,13-14,41H,2,6-7H2,1H3,(H,36,39)(H2,33,34,35)/t13-,14+,21?/m0/s1. The van der Waals surface area contributed by atoms with E-state index < -0.39 is 107 Å². The average molecular weight is 598 g/mol. The summed E-state index contributed by atoms with van der Waals surface area (Å²) in [6, 6.07) is -0.0606. The van der Waals surface area contributed by atoms with Gasteiger partial charge in [-0.1, -0.05) is 6.92 Å². The highest BCUT2D eigenvalue weighted by atomic mass is 19.4. The second-order valence-electron chi connectivity index (χ2n) is 9.18. The van der Waals surface area contributed by atoms with Crippen molar-refractivity contribution >= 4 is 23.1 Å². The Morgan fingerprint density at radius 1 is 1.12 bits per heavy atom. The zero-order valence-electron chi connectivity index (χ0n) is 20.6. The van der Waals surface area contributed by atoms with Crippen molar-refractivity contribution in [3.63, 3.8) is 0 Å². The predicted molar refractivity (Wildman–Crippen MR) is 122 cm³/mol. The molecule has 1 aromatic carbocycles. The molecule has 2 amide bonds. The largest absolute Gasteiger partial charge is 0.426 e. The fraction of sp³-hybridized carbons (Fsp3) is 0.391. The molecule has 18 heteroatoms. The van der Waals surface area contributed by atoms with Gasteiger partial charge in [0, 0.05) is 12.1 Å². The third kappa shape index (κ3) is 5.11. The van der Waals surface area contributed by atoms with E-state index in [4.69, 9.17) is 5.73 Å². The van der Waals surface area contributed by atoms with Crippen LogP contribution in [-0.4, -0.2) is 73.5 Å². The maximum atomic E-state index is 14.6. The number of carbonyl (C=O) groups excluding carboxylic acids is 2. The summed E-state index contributed by atoms with van der Waals surface area (Å²) in [6.07, 6.45) is -12.8. The Bertz CT molecular complexity index is 1520. The highest BCUT2D eigenvalue weighted by Gasteiger charge is 2.60. The van der Waals surface area contributed by atoms with Gasteiger partial charge in [-0.15, -0.1) is 0 Å². The highest BCUT2D eigenvalue weighted by Crippen LogP contribution is 2.39. The fourth-order valence-electron chi connectivity index (χ4n) is 4.44. The van der Waals surface area contributed by atoms with E-state index in [0.29, 0.717) is 27.6 Å². The monoisotopic (exact) mass is 598 g/mol. The van der Waals surface area contributed by atoms with Crippen molar-refractivity contribution in [1.82, 2.24) is 24.8 Å². The number of nitrogens with two attached hydrogens (primary N) is 1. The Morgan fingerprint density at radius 3 is 2.37 bits per heavy atom. The van der Waals surface area contributed by atoms with Gasteiger partial charge < -0.3 is 21.1 Å². The van der Waals surface area contributed by atoms with Crippen molar-refractivity contribution in [2.24, 2.45) is 0 Å². The number of halogens is 9. The van der Waals surface area contributed by atoms with E-state index in [1.54, 1.807) is 0 Å². The summed E-state index contributed by atoms with van der Waals surface area (Å²) in [5, 5.41) is 15.5. The number of alkyl halides is 7. The number of nitrogen functional groups attached to an aromatic ring is 1. The van der Waals surface area contributed by atoms with Crippen molar-refractivity contribution in [1.29, 1.82) is 0 Å². The van der Waals surface area contributed by atoms with Crippen LogP contribution in [0.1, 0.15) is 29.3 Å². The summed E-state index contributed by atoms with van der Waals surface area (Å²) in [7, 11) is 0. The van der Waals surface area contributed by atoms with Gasteiger partial charge in [0.1, 0.15) is 18.0 Å². The van der Waals surface area contributed by atoms with Crippen LogP contribution in [0.2, 0.25) is 0 Å². The van der Waals surface area contributed by atoms with Crippen LogP contribution in [0.5, 0.6) is 0 Å². The second kappa shape index (κ2) is 10.1. The van der Waals surface area contributed by atoms with Gasteiger partial charge in [-0.05, 0) is 24.6 Å². The number of aromatic nitrogens is 3. The molecule has 4 N–H and O–H groups in total. The van der Waals surface area contributed by atoms with Crippen LogP contribution >= 0.6 is 0 Å². The van der Waals surface area contributed by atoms with E-state index in [1.807, 2.05) is 5.32 Å². The van der Waals surface area contributed by atoms with Gasteiger partial charge in [-0.2, -0.15) is 31.4 Å².